The molecule has 0 aliphatic rings. The van der Waals surface area contributed by atoms with E-state index >= 15 is 0 Å². The number of rotatable bonds is 3. The Morgan fingerprint density at radius 2 is 2.46 bits per heavy atom. The largest absolute Gasteiger partial charge is 0.327 e. The van der Waals surface area contributed by atoms with Crippen molar-refractivity contribution >= 4 is 0 Å². The van der Waals surface area contributed by atoms with Crippen molar-refractivity contribution in [2.45, 2.75) is 13.5 Å². The molecular weight excluding hydrogens is 166 g/mol. The van der Waals surface area contributed by atoms with Crippen LogP contribution in [0.25, 0.3) is 0 Å². The van der Waals surface area contributed by atoms with Crippen molar-refractivity contribution < 1.29 is 0 Å². The highest BCUT2D eigenvalue weighted by Crippen LogP contribution is 1.91. The fourth-order valence-corrected chi connectivity index (χ4v) is 0.919. The Bertz CT molecular complexity index is 367. The Balaban J connectivity index is 2.90. The maximum absolute atomic E-state index is 11.3. The summed E-state index contributed by atoms with van der Waals surface area (Å²) in [5.41, 5.74) is 6.89. The van der Waals surface area contributed by atoms with Gasteiger partial charge in [0, 0.05) is 12.6 Å². The molecule has 0 atom stereocenters. The van der Waals surface area contributed by atoms with Crippen LogP contribution in [-0.4, -0.2) is 16.3 Å². The molecule has 0 aliphatic carbocycles. The van der Waals surface area contributed by atoms with Crippen molar-refractivity contribution in [3.05, 3.63) is 40.3 Å². The van der Waals surface area contributed by atoms with Gasteiger partial charge < -0.3 is 5.73 Å². The molecule has 2 N–H and O–H groups in total. The topological polar surface area (TPSA) is 60.9 Å². The van der Waals surface area contributed by atoms with Crippen LogP contribution in [0.2, 0.25) is 0 Å². The molecule has 0 saturated carbocycles. The molecule has 4 nitrogen and oxygen atoms in total. The van der Waals surface area contributed by atoms with Crippen LogP contribution in [0.3, 0.4) is 0 Å². The van der Waals surface area contributed by atoms with Crippen LogP contribution in [0, 0.1) is 6.92 Å². The molecule has 70 valence electrons. The Kier molecular flexibility index (Phi) is 2.97. The zero-order chi connectivity index (χ0) is 9.84. The molecule has 0 spiro atoms. The minimum Gasteiger partial charge on any atom is -0.327 e. The van der Waals surface area contributed by atoms with Crippen molar-refractivity contribution in [2.24, 2.45) is 5.73 Å². The number of aryl methyl sites for hydroxylation is 1. The number of aromatic nitrogens is 2. The van der Waals surface area contributed by atoms with Gasteiger partial charge in [-0.2, -0.15) is 5.10 Å². The second-order valence-corrected chi connectivity index (χ2v) is 2.98. The lowest BCUT2D eigenvalue weighted by molar-refractivity contribution is 0.623. The molecule has 0 saturated heterocycles. The highest BCUT2D eigenvalue weighted by Gasteiger charge is 1.98. The van der Waals surface area contributed by atoms with Crippen LogP contribution in [-0.2, 0) is 6.54 Å². The number of hydrogen-bond donors (Lipinski definition) is 1. The van der Waals surface area contributed by atoms with Crippen LogP contribution in [0.4, 0.5) is 0 Å². The normalized spacial score (nSPS) is 10.0. The molecule has 1 heterocycles. The van der Waals surface area contributed by atoms with Gasteiger partial charge in [-0.15, -0.1) is 0 Å². The van der Waals surface area contributed by atoms with E-state index in [1.54, 1.807) is 6.20 Å². The first kappa shape index (κ1) is 9.67. The zero-order valence-corrected chi connectivity index (χ0v) is 7.66. The van der Waals surface area contributed by atoms with Gasteiger partial charge in [0.2, 0.25) is 0 Å². The van der Waals surface area contributed by atoms with Crippen LogP contribution in [0.15, 0.2) is 29.2 Å². The van der Waals surface area contributed by atoms with Gasteiger partial charge in [-0.3, -0.25) is 4.79 Å². The summed E-state index contributed by atoms with van der Waals surface area (Å²) in [5, 5.41) is 3.95. The van der Waals surface area contributed by atoms with E-state index in [2.05, 4.69) is 11.7 Å². The molecular formula is C9H13N3O. The van der Waals surface area contributed by atoms with E-state index in [0.717, 1.165) is 11.1 Å². The SMILES string of the molecule is C=C(CN)Cn1ncc(C)cc1=O. The molecule has 4 heteroatoms. The highest BCUT2D eigenvalue weighted by molar-refractivity contribution is 5.04. The van der Waals surface area contributed by atoms with Crippen LogP contribution in [0.1, 0.15) is 5.56 Å². The quantitative estimate of drug-likeness (QED) is 0.668. The average Bonchev–Trinajstić information content (AvgIpc) is 2.09. The van der Waals surface area contributed by atoms with Crippen LogP contribution < -0.4 is 11.3 Å². The molecule has 0 fully saturated rings. The van der Waals surface area contributed by atoms with Crippen LogP contribution in [0.5, 0.6) is 0 Å². The predicted octanol–water partition coefficient (Wildman–Crippen LogP) is 0.0666. The Labute approximate surface area is 76.7 Å². The van der Waals surface area contributed by atoms with Gasteiger partial charge in [0.25, 0.3) is 5.56 Å². The van der Waals surface area contributed by atoms with E-state index in [4.69, 9.17) is 5.73 Å². The molecule has 0 aliphatic heterocycles. The molecule has 1 aromatic heterocycles. The van der Waals surface area contributed by atoms with Crippen molar-refractivity contribution in [1.82, 2.24) is 9.78 Å². The van der Waals surface area contributed by atoms with Gasteiger partial charge in [-0.1, -0.05) is 6.58 Å². The summed E-state index contributed by atoms with van der Waals surface area (Å²) in [4.78, 5) is 11.3. The number of nitrogens with zero attached hydrogens (tertiary/aromatic N) is 2. The van der Waals surface area contributed by atoms with Crippen LogP contribution >= 0.6 is 0 Å². The zero-order valence-electron chi connectivity index (χ0n) is 7.66. The van der Waals surface area contributed by atoms with Crippen molar-refractivity contribution in [3.8, 4) is 0 Å². The lowest BCUT2D eigenvalue weighted by atomic mass is 10.3. The Morgan fingerprint density at radius 1 is 1.77 bits per heavy atom. The molecule has 0 aromatic carbocycles. The summed E-state index contributed by atoms with van der Waals surface area (Å²) in [5.74, 6) is 0. The third-order valence-corrected chi connectivity index (χ3v) is 1.67. The highest BCUT2D eigenvalue weighted by atomic mass is 16.1. The average molecular weight is 179 g/mol. The van der Waals surface area contributed by atoms with E-state index in [1.165, 1.54) is 10.7 Å². The maximum Gasteiger partial charge on any atom is 0.267 e. The minimum absolute atomic E-state index is 0.116. The minimum atomic E-state index is -0.116. The monoisotopic (exact) mass is 179 g/mol. The fraction of sp³-hybridized carbons (Fsp3) is 0.333. The van der Waals surface area contributed by atoms with E-state index in [-0.39, 0.29) is 5.56 Å². The third kappa shape index (κ3) is 2.52. The lowest BCUT2D eigenvalue weighted by Gasteiger charge is -2.04. The Hall–Kier alpha value is -1.42. The predicted molar refractivity (Wildman–Crippen MR) is 51.4 cm³/mol. The molecule has 1 aromatic rings. The van der Waals surface area contributed by atoms with Crippen molar-refractivity contribution in [3.63, 3.8) is 0 Å². The molecule has 1 rings (SSSR count). The van der Waals surface area contributed by atoms with E-state index in [0.29, 0.717) is 13.1 Å². The van der Waals surface area contributed by atoms with Crippen molar-refractivity contribution in [1.29, 1.82) is 0 Å². The van der Waals surface area contributed by atoms with Gasteiger partial charge in [-0.05, 0) is 18.1 Å². The van der Waals surface area contributed by atoms with Gasteiger partial charge in [0.15, 0.2) is 0 Å². The second kappa shape index (κ2) is 4.00. The maximum atomic E-state index is 11.3. The van der Waals surface area contributed by atoms with Gasteiger partial charge >= 0.3 is 0 Å². The number of hydrogen-bond acceptors (Lipinski definition) is 3. The molecule has 0 amide bonds. The summed E-state index contributed by atoms with van der Waals surface area (Å²) in [6, 6.07) is 1.54. The van der Waals surface area contributed by atoms with E-state index in [9.17, 15) is 4.79 Å². The number of nitrogens with two attached hydrogens (primary N) is 1. The van der Waals surface area contributed by atoms with E-state index < -0.39 is 0 Å². The summed E-state index contributed by atoms with van der Waals surface area (Å²) in [6.07, 6.45) is 1.64. The summed E-state index contributed by atoms with van der Waals surface area (Å²) >= 11 is 0. The summed E-state index contributed by atoms with van der Waals surface area (Å²) < 4.78 is 1.35. The first-order chi connectivity index (χ1) is 6.13. The molecule has 0 bridgehead atoms. The fourth-order valence-electron chi connectivity index (χ4n) is 0.919. The second-order valence-electron chi connectivity index (χ2n) is 2.98. The van der Waals surface area contributed by atoms with E-state index in [1.807, 2.05) is 6.92 Å². The Morgan fingerprint density at radius 3 is 3.00 bits per heavy atom. The molecule has 13 heavy (non-hydrogen) atoms. The van der Waals surface area contributed by atoms with Gasteiger partial charge in [-0.25, -0.2) is 4.68 Å². The first-order valence-electron chi connectivity index (χ1n) is 4.04. The lowest BCUT2D eigenvalue weighted by Crippen LogP contribution is -2.24. The standard InChI is InChI=1S/C9H13N3O/c1-7-3-9(13)12(11-5-7)6-8(2)4-10/h3,5H,2,4,6,10H2,1H3. The van der Waals surface area contributed by atoms with Gasteiger partial charge in [0.05, 0.1) is 12.7 Å². The molecule has 0 unspecified atom stereocenters. The summed E-state index contributed by atoms with van der Waals surface area (Å²) in [6.45, 7) is 6.31. The smallest absolute Gasteiger partial charge is 0.267 e. The first-order valence-corrected chi connectivity index (χ1v) is 4.04. The third-order valence-electron chi connectivity index (χ3n) is 1.67. The molecule has 0 radical (unpaired) electrons. The van der Waals surface area contributed by atoms with Crippen molar-refractivity contribution in [2.75, 3.05) is 6.54 Å². The van der Waals surface area contributed by atoms with Gasteiger partial charge in [0.1, 0.15) is 0 Å². The summed E-state index contributed by atoms with van der Waals surface area (Å²) in [7, 11) is 0.